The number of nitrogens with one attached hydrogen (secondary N) is 1. The number of aromatic nitrogens is 2. The summed E-state index contributed by atoms with van der Waals surface area (Å²) >= 11 is 0. The van der Waals surface area contributed by atoms with Crippen molar-refractivity contribution in [1.82, 2.24) is 14.9 Å². The van der Waals surface area contributed by atoms with E-state index in [1.54, 1.807) is 19.6 Å². The van der Waals surface area contributed by atoms with E-state index in [-0.39, 0.29) is 0 Å². The van der Waals surface area contributed by atoms with Gasteiger partial charge in [-0.15, -0.1) is 0 Å². The van der Waals surface area contributed by atoms with Gasteiger partial charge < -0.3 is 14.6 Å². The molecule has 0 saturated heterocycles. The summed E-state index contributed by atoms with van der Waals surface area (Å²) in [5, 5.41) is 3.48. The molecule has 1 N–H and O–H groups in total. The number of hydrogen-bond acceptors (Lipinski definition) is 3. The van der Waals surface area contributed by atoms with Crippen LogP contribution in [0.1, 0.15) is 16.7 Å². The molecule has 0 atom stereocenters. The molecule has 4 nitrogen and oxygen atoms in total. The van der Waals surface area contributed by atoms with Crippen LogP contribution in [0.3, 0.4) is 0 Å². The predicted molar refractivity (Wildman–Crippen MR) is 91.8 cm³/mol. The van der Waals surface area contributed by atoms with Crippen LogP contribution in [0.5, 0.6) is 5.75 Å². The van der Waals surface area contributed by atoms with Crippen molar-refractivity contribution in [2.24, 2.45) is 0 Å². The molecule has 0 unspecified atom stereocenters. The number of imidazole rings is 1. The van der Waals surface area contributed by atoms with E-state index in [1.807, 2.05) is 16.8 Å². The number of aryl methyl sites for hydroxylation is 1. The van der Waals surface area contributed by atoms with Crippen LogP contribution in [0.25, 0.3) is 5.69 Å². The van der Waals surface area contributed by atoms with Crippen molar-refractivity contribution in [2.45, 2.75) is 20.0 Å². The summed E-state index contributed by atoms with van der Waals surface area (Å²) in [6.45, 7) is 3.75. The first-order valence-electron chi connectivity index (χ1n) is 7.68. The Hall–Kier alpha value is -2.59. The average molecular weight is 307 g/mol. The lowest BCUT2D eigenvalue weighted by Gasteiger charge is -2.09. The minimum Gasteiger partial charge on any atom is -0.496 e. The summed E-state index contributed by atoms with van der Waals surface area (Å²) in [6.07, 6.45) is 5.53. The second-order valence-corrected chi connectivity index (χ2v) is 5.54. The van der Waals surface area contributed by atoms with Crippen molar-refractivity contribution in [2.75, 3.05) is 7.11 Å². The fraction of sp³-hybridized carbons (Fsp3) is 0.211. The van der Waals surface area contributed by atoms with Gasteiger partial charge in [-0.05, 0) is 41.8 Å². The molecule has 0 aliphatic rings. The molecule has 0 bridgehead atoms. The Morgan fingerprint density at radius 2 is 1.78 bits per heavy atom. The standard InChI is InChI=1S/C19H21N3O/c1-15-11-17(5-8-19(15)23-2)13-21-12-16-3-6-18(7-4-16)22-10-9-20-14-22/h3-11,14,21H,12-13H2,1-2H3. The molecule has 3 rings (SSSR count). The first kappa shape index (κ1) is 15.3. The fourth-order valence-electron chi connectivity index (χ4n) is 2.60. The van der Waals surface area contributed by atoms with Gasteiger partial charge in [0.1, 0.15) is 5.75 Å². The molecule has 0 fully saturated rings. The Balaban J connectivity index is 1.55. The third kappa shape index (κ3) is 3.79. The zero-order chi connectivity index (χ0) is 16.1. The van der Waals surface area contributed by atoms with Crippen LogP contribution >= 0.6 is 0 Å². The van der Waals surface area contributed by atoms with Crippen LogP contribution in [0, 0.1) is 6.92 Å². The molecule has 0 amide bonds. The maximum absolute atomic E-state index is 5.29. The molecule has 2 aromatic carbocycles. The van der Waals surface area contributed by atoms with Crippen LogP contribution in [-0.2, 0) is 13.1 Å². The maximum atomic E-state index is 5.29. The number of ether oxygens (including phenoxy) is 1. The Bertz CT molecular complexity index is 749. The molecular weight excluding hydrogens is 286 g/mol. The number of methoxy groups -OCH3 is 1. The first-order chi connectivity index (χ1) is 11.3. The molecule has 0 aliphatic heterocycles. The lowest BCUT2D eigenvalue weighted by molar-refractivity contribution is 0.411. The van der Waals surface area contributed by atoms with Crippen molar-refractivity contribution in [3.05, 3.63) is 77.9 Å². The van der Waals surface area contributed by atoms with Crippen LogP contribution in [0.15, 0.2) is 61.2 Å². The summed E-state index contributed by atoms with van der Waals surface area (Å²) in [6, 6.07) is 14.8. The average Bonchev–Trinajstić information content (AvgIpc) is 3.10. The van der Waals surface area contributed by atoms with E-state index in [9.17, 15) is 0 Å². The van der Waals surface area contributed by atoms with Crippen molar-refractivity contribution < 1.29 is 4.74 Å². The van der Waals surface area contributed by atoms with Gasteiger partial charge >= 0.3 is 0 Å². The van der Waals surface area contributed by atoms with Crippen LogP contribution in [-0.4, -0.2) is 16.7 Å². The molecule has 1 heterocycles. The topological polar surface area (TPSA) is 39.1 Å². The zero-order valence-corrected chi connectivity index (χ0v) is 13.5. The summed E-state index contributed by atoms with van der Waals surface area (Å²) in [4.78, 5) is 4.07. The molecule has 0 radical (unpaired) electrons. The molecule has 0 aliphatic carbocycles. The largest absolute Gasteiger partial charge is 0.496 e. The molecule has 23 heavy (non-hydrogen) atoms. The molecule has 1 aromatic heterocycles. The van der Waals surface area contributed by atoms with E-state index in [2.05, 4.69) is 53.6 Å². The van der Waals surface area contributed by atoms with E-state index >= 15 is 0 Å². The number of rotatable bonds is 6. The fourth-order valence-corrected chi connectivity index (χ4v) is 2.60. The van der Waals surface area contributed by atoms with Crippen LogP contribution < -0.4 is 10.1 Å². The highest BCUT2D eigenvalue weighted by molar-refractivity contribution is 5.36. The van der Waals surface area contributed by atoms with Gasteiger partial charge in [0, 0.05) is 31.2 Å². The van der Waals surface area contributed by atoms with E-state index in [0.717, 1.165) is 30.1 Å². The van der Waals surface area contributed by atoms with Crippen molar-refractivity contribution >= 4 is 0 Å². The predicted octanol–water partition coefficient (Wildman–Crippen LogP) is 3.48. The van der Waals surface area contributed by atoms with Crippen molar-refractivity contribution in [3.8, 4) is 11.4 Å². The van der Waals surface area contributed by atoms with Crippen molar-refractivity contribution in [3.63, 3.8) is 0 Å². The lowest BCUT2D eigenvalue weighted by Crippen LogP contribution is -2.12. The molecule has 4 heteroatoms. The summed E-state index contributed by atoms with van der Waals surface area (Å²) in [5.41, 5.74) is 4.81. The molecule has 118 valence electrons. The SMILES string of the molecule is COc1ccc(CNCc2ccc(-n3ccnc3)cc2)cc1C. The van der Waals surface area contributed by atoms with E-state index in [1.165, 1.54) is 11.1 Å². The highest BCUT2D eigenvalue weighted by atomic mass is 16.5. The zero-order valence-electron chi connectivity index (χ0n) is 13.5. The second-order valence-electron chi connectivity index (χ2n) is 5.54. The number of nitrogens with zero attached hydrogens (tertiary/aromatic N) is 2. The van der Waals surface area contributed by atoms with E-state index in [0.29, 0.717) is 0 Å². The van der Waals surface area contributed by atoms with Gasteiger partial charge in [0.15, 0.2) is 0 Å². The minimum atomic E-state index is 0.841. The summed E-state index contributed by atoms with van der Waals surface area (Å²) in [7, 11) is 1.70. The highest BCUT2D eigenvalue weighted by Gasteiger charge is 2.01. The van der Waals surface area contributed by atoms with Crippen LogP contribution in [0.4, 0.5) is 0 Å². The number of hydrogen-bond donors (Lipinski definition) is 1. The monoisotopic (exact) mass is 307 g/mol. The number of benzene rings is 2. The third-order valence-electron chi connectivity index (χ3n) is 3.86. The molecule has 0 spiro atoms. The Labute approximate surface area is 136 Å². The van der Waals surface area contributed by atoms with E-state index in [4.69, 9.17) is 4.74 Å². The van der Waals surface area contributed by atoms with Gasteiger partial charge in [0.05, 0.1) is 13.4 Å². The smallest absolute Gasteiger partial charge is 0.121 e. The molecular formula is C19H21N3O. The van der Waals surface area contributed by atoms with E-state index < -0.39 is 0 Å². The highest BCUT2D eigenvalue weighted by Crippen LogP contribution is 2.18. The summed E-state index contributed by atoms with van der Waals surface area (Å²) < 4.78 is 7.29. The van der Waals surface area contributed by atoms with Crippen molar-refractivity contribution in [1.29, 1.82) is 0 Å². The van der Waals surface area contributed by atoms with Gasteiger partial charge in [-0.25, -0.2) is 4.98 Å². The van der Waals surface area contributed by atoms with Crippen LogP contribution in [0.2, 0.25) is 0 Å². The van der Waals surface area contributed by atoms with Gasteiger partial charge in [0.25, 0.3) is 0 Å². The lowest BCUT2D eigenvalue weighted by atomic mass is 10.1. The quantitative estimate of drug-likeness (QED) is 0.758. The normalized spacial score (nSPS) is 10.7. The Morgan fingerprint density at radius 3 is 2.43 bits per heavy atom. The van der Waals surface area contributed by atoms with Gasteiger partial charge in [-0.3, -0.25) is 0 Å². The molecule has 0 saturated carbocycles. The second kappa shape index (κ2) is 7.11. The van der Waals surface area contributed by atoms with Gasteiger partial charge in [0.2, 0.25) is 0 Å². The summed E-state index contributed by atoms with van der Waals surface area (Å²) in [5.74, 6) is 0.934. The molecule has 3 aromatic rings. The Kier molecular flexibility index (Phi) is 4.74. The minimum absolute atomic E-state index is 0.841. The Morgan fingerprint density at radius 1 is 1.04 bits per heavy atom. The third-order valence-corrected chi connectivity index (χ3v) is 3.86. The van der Waals surface area contributed by atoms with Gasteiger partial charge in [-0.1, -0.05) is 24.3 Å². The maximum Gasteiger partial charge on any atom is 0.121 e. The van der Waals surface area contributed by atoms with Gasteiger partial charge in [-0.2, -0.15) is 0 Å². The first-order valence-corrected chi connectivity index (χ1v) is 7.68.